The standard InChI is InChI=1S/C27H25NO8/c1-12-23(33)21(14(3)29)25-22(24(12)34)27(4)18(36-25)11-17(30)20(26(27)35)13(2)28-16-8-5-15(6-9-16)7-10-19(31)32/h5-6,8-9,11,28,33-34H,7,10H2,1-4H3,(H,31,32). The molecule has 36 heavy (non-hydrogen) atoms. The van der Waals surface area contributed by atoms with Gasteiger partial charge in [0, 0.05) is 29.4 Å². The Morgan fingerprint density at radius 3 is 2.28 bits per heavy atom. The summed E-state index contributed by atoms with van der Waals surface area (Å²) in [5.74, 6) is -3.64. The molecule has 2 aromatic rings. The highest BCUT2D eigenvalue weighted by Crippen LogP contribution is 2.57. The third-order valence-corrected chi connectivity index (χ3v) is 6.67. The molecule has 0 aromatic heterocycles. The molecule has 0 fully saturated rings. The molecule has 4 rings (SSSR count). The van der Waals surface area contributed by atoms with E-state index in [4.69, 9.17) is 9.84 Å². The number of fused-ring (bicyclic) bond motifs is 3. The summed E-state index contributed by atoms with van der Waals surface area (Å²) in [5.41, 5.74) is -0.149. The Kier molecular flexibility index (Phi) is 5.95. The van der Waals surface area contributed by atoms with E-state index in [2.05, 4.69) is 5.32 Å². The average molecular weight is 491 g/mol. The molecule has 1 aliphatic heterocycles. The second kappa shape index (κ2) is 8.67. The summed E-state index contributed by atoms with van der Waals surface area (Å²) in [6.07, 6.45) is 1.54. The molecule has 1 heterocycles. The van der Waals surface area contributed by atoms with Crippen LogP contribution >= 0.6 is 0 Å². The van der Waals surface area contributed by atoms with Crippen LogP contribution in [0.3, 0.4) is 0 Å². The van der Waals surface area contributed by atoms with E-state index in [9.17, 15) is 29.4 Å². The Balaban J connectivity index is 1.76. The van der Waals surface area contributed by atoms with Crippen LogP contribution in [-0.2, 0) is 26.2 Å². The van der Waals surface area contributed by atoms with Gasteiger partial charge in [-0.15, -0.1) is 0 Å². The fourth-order valence-corrected chi connectivity index (χ4v) is 4.65. The summed E-state index contributed by atoms with van der Waals surface area (Å²) in [7, 11) is 0. The van der Waals surface area contributed by atoms with Gasteiger partial charge in [-0.05, 0) is 51.8 Å². The highest BCUT2D eigenvalue weighted by Gasteiger charge is 2.56. The zero-order chi connectivity index (χ0) is 26.5. The number of hydrogen-bond acceptors (Lipinski definition) is 8. The zero-order valence-electron chi connectivity index (χ0n) is 20.2. The van der Waals surface area contributed by atoms with Crippen molar-refractivity contribution in [1.29, 1.82) is 0 Å². The first-order valence-corrected chi connectivity index (χ1v) is 11.3. The van der Waals surface area contributed by atoms with Crippen molar-refractivity contribution in [1.82, 2.24) is 0 Å². The van der Waals surface area contributed by atoms with E-state index in [1.807, 2.05) is 0 Å². The Bertz CT molecular complexity index is 1410. The SMILES string of the molecule is CC(=O)c1c(O)c(C)c(O)c2c1OC1=CC(=O)C(=C(C)Nc3ccc(CCC(=O)O)cc3)C(=O)C12C. The summed E-state index contributed by atoms with van der Waals surface area (Å²) < 4.78 is 5.76. The van der Waals surface area contributed by atoms with Crippen LogP contribution in [0.15, 0.2) is 47.4 Å². The first-order chi connectivity index (χ1) is 16.9. The van der Waals surface area contributed by atoms with Crippen LogP contribution in [0.25, 0.3) is 0 Å². The van der Waals surface area contributed by atoms with Gasteiger partial charge in [0.25, 0.3) is 0 Å². The van der Waals surface area contributed by atoms with Gasteiger partial charge in [-0.25, -0.2) is 0 Å². The molecule has 1 atom stereocenters. The third kappa shape index (κ3) is 3.73. The highest BCUT2D eigenvalue weighted by molar-refractivity contribution is 6.31. The molecular weight excluding hydrogens is 466 g/mol. The molecule has 1 unspecified atom stereocenters. The number of aryl methyl sites for hydroxylation is 1. The molecule has 1 aliphatic carbocycles. The van der Waals surface area contributed by atoms with Gasteiger partial charge in [0.1, 0.15) is 34.0 Å². The van der Waals surface area contributed by atoms with E-state index in [1.54, 1.807) is 31.2 Å². The number of Topliss-reactive ketones (excluding diaryl/α,β-unsaturated/α-hetero) is 2. The number of carbonyl (C=O) groups is 4. The Morgan fingerprint density at radius 2 is 1.69 bits per heavy atom. The molecule has 2 aromatic carbocycles. The molecule has 2 aliphatic rings. The maximum atomic E-state index is 13.8. The van der Waals surface area contributed by atoms with Crippen molar-refractivity contribution in [3.8, 4) is 17.2 Å². The van der Waals surface area contributed by atoms with Crippen LogP contribution in [-0.4, -0.2) is 38.6 Å². The van der Waals surface area contributed by atoms with E-state index in [1.165, 1.54) is 20.8 Å². The summed E-state index contributed by atoms with van der Waals surface area (Å²) >= 11 is 0. The van der Waals surface area contributed by atoms with Crippen LogP contribution in [0.4, 0.5) is 5.69 Å². The molecule has 0 radical (unpaired) electrons. The van der Waals surface area contributed by atoms with Crippen molar-refractivity contribution in [3.05, 3.63) is 69.6 Å². The minimum absolute atomic E-state index is 0.00505. The number of phenols is 2. The van der Waals surface area contributed by atoms with Crippen LogP contribution in [0.1, 0.15) is 54.2 Å². The number of nitrogens with one attached hydrogen (secondary N) is 1. The first-order valence-electron chi connectivity index (χ1n) is 11.3. The van der Waals surface area contributed by atoms with Gasteiger partial charge in [-0.1, -0.05) is 12.1 Å². The minimum Gasteiger partial charge on any atom is -0.507 e. The second-order valence-corrected chi connectivity index (χ2v) is 9.10. The number of allylic oxidation sites excluding steroid dienone is 4. The number of rotatable bonds is 6. The number of benzene rings is 2. The number of hydrogen-bond donors (Lipinski definition) is 4. The Morgan fingerprint density at radius 1 is 1.06 bits per heavy atom. The topological polar surface area (TPSA) is 150 Å². The zero-order valence-corrected chi connectivity index (χ0v) is 20.2. The molecule has 0 spiro atoms. The van der Waals surface area contributed by atoms with E-state index in [-0.39, 0.29) is 51.6 Å². The van der Waals surface area contributed by atoms with E-state index >= 15 is 0 Å². The number of ether oxygens (including phenoxy) is 1. The van der Waals surface area contributed by atoms with Crippen molar-refractivity contribution in [2.75, 3.05) is 5.32 Å². The molecule has 4 N–H and O–H groups in total. The predicted octanol–water partition coefficient (Wildman–Crippen LogP) is 3.70. The minimum atomic E-state index is -1.59. The lowest BCUT2D eigenvalue weighted by molar-refractivity contribution is -0.137. The largest absolute Gasteiger partial charge is 0.507 e. The normalized spacial score (nSPS) is 19.7. The van der Waals surface area contributed by atoms with E-state index in [0.29, 0.717) is 12.1 Å². The van der Waals surface area contributed by atoms with Gasteiger partial charge in [-0.2, -0.15) is 0 Å². The van der Waals surface area contributed by atoms with Crippen LogP contribution in [0.5, 0.6) is 17.2 Å². The number of aliphatic carboxylic acids is 1. The van der Waals surface area contributed by atoms with Gasteiger partial charge in [-0.3, -0.25) is 19.2 Å². The number of ketones is 3. The summed E-state index contributed by atoms with van der Waals surface area (Å²) in [4.78, 5) is 49.9. The highest BCUT2D eigenvalue weighted by atomic mass is 16.5. The van der Waals surface area contributed by atoms with Gasteiger partial charge in [0.2, 0.25) is 0 Å². The number of carbonyl (C=O) groups excluding carboxylic acids is 3. The Labute approximate surface area is 206 Å². The van der Waals surface area contributed by atoms with E-state index < -0.39 is 34.5 Å². The van der Waals surface area contributed by atoms with Gasteiger partial charge < -0.3 is 25.4 Å². The van der Waals surface area contributed by atoms with Crippen molar-refractivity contribution in [2.24, 2.45) is 0 Å². The maximum Gasteiger partial charge on any atom is 0.303 e. The van der Waals surface area contributed by atoms with Crippen LogP contribution < -0.4 is 10.1 Å². The molecule has 0 saturated heterocycles. The summed E-state index contributed by atoms with van der Waals surface area (Å²) in [6.45, 7) is 5.73. The van der Waals surface area contributed by atoms with E-state index in [0.717, 1.165) is 11.6 Å². The van der Waals surface area contributed by atoms with Crippen molar-refractivity contribution >= 4 is 29.0 Å². The average Bonchev–Trinajstić information content (AvgIpc) is 3.10. The number of carboxylic acids is 1. The smallest absolute Gasteiger partial charge is 0.303 e. The fraction of sp³-hybridized carbons (Fsp3) is 0.259. The summed E-state index contributed by atoms with van der Waals surface area (Å²) in [6, 6.07) is 6.94. The van der Waals surface area contributed by atoms with Crippen LogP contribution in [0, 0.1) is 6.92 Å². The maximum absolute atomic E-state index is 13.8. The molecule has 0 amide bonds. The van der Waals surface area contributed by atoms with Crippen molar-refractivity contribution in [3.63, 3.8) is 0 Å². The monoisotopic (exact) mass is 491 g/mol. The van der Waals surface area contributed by atoms with Gasteiger partial charge in [0.05, 0.1) is 11.1 Å². The third-order valence-electron chi connectivity index (χ3n) is 6.67. The fourth-order valence-electron chi connectivity index (χ4n) is 4.65. The molecular formula is C27H25NO8. The first kappa shape index (κ1) is 24.7. The van der Waals surface area contributed by atoms with Crippen molar-refractivity contribution in [2.45, 2.75) is 46.0 Å². The molecule has 186 valence electrons. The number of carboxylic acid groups (broad SMARTS) is 1. The molecule has 9 heteroatoms. The predicted molar refractivity (Wildman–Crippen MR) is 129 cm³/mol. The number of anilines is 1. The summed E-state index contributed by atoms with van der Waals surface area (Å²) in [5, 5.41) is 33.2. The van der Waals surface area contributed by atoms with Gasteiger partial charge in [0.15, 0.2) is 17.3 Å². The van der Waals surface area contributed by atoms with Gasteiger partial charge >= 0.3 is 5.97 Å². The lowest BCUT2D eigenvalue weighted by Crippen LogP contribution is -2.40. The molecule has 9 nitrogen and oxygen atoms in total. The molecule has 0 saturated carbocycles. The lowest BCUT2D eigenvalue weighted by Gasteiger charge is -2.29. The Hall–Kier alpha value is -4.40. The van der Waals surface area contributed by atoms with Crippen LogP contribution in [0.2, 0.25) is 0 Å². The lowest BCUT2D eigenvalue weighted by atomic mass is 9.70. The quantitative estimate of drug-likeness (QED) is 0.269. The van der Waals surface area contributed by atoms with Crippen molar-refractivity contribution < 1.29 is 39.2 Å². The number of aromatic hydroxyl groups is 2. The number of phenolic OH excluding ortho intramolecular Hbond substituents is 2. The second-order valence-electron chi connectivity index (χ2n) is 9.10. The molecule has 0 bridgehead atoms.